The molecule has 5 rings (SSSR count). The van der Waals surface area contributed by atoms with Gasteiger partial charge in [-0.05, 0) is 32.3 Å². The Kier molecular flexibility index (Phi) is 6.75. The van der Waals surface area contributed by atoms with Crippen LogP contribution in [-0.4, -0.2) is 60.2 Å². The van der Waals surface area contributed by atoms with Gasteiger partial charge >= 0.3 is 0 Å². The van der Waals surface area contributed by atoms with Crippen molar-refractivity contribution in [2.75, 3.05) is 23.7 Å². The lowest BCUT2D eigenvalue weighted by molar-refractivity contribution is 0.174. The molecular formula is C23H30N8OS. The molecule has 0 radical (unpaired) electrons. The van der Waals surface area contributed by atoms with Crippen molar-refractivity contribution >= 4 is 28.2 Å². The van der Waals surface area contributed by atoms with Crippen molar-refractivity contribution in [2.24, 2.45) is 0 Å². The molecule has 0 aromatic carbocycles. The summed E-state index contributed by atoms with van der Waals surface area (Å²) in [5.41, 5.74) is 2.71. The highest BCUT2D eigenvalue weighted by atomic mass is 32.1. The minimum atomic E-state index is -0.226. The zero-order chi connectivity index (χ0) is 22.6. The largest absolute Gasteiger partial charge is 0.392 e. The lowest BCUT2D eigenvalue weighted by Gasteiger charge is -2.22. The summed E-state index contributed by atoms with van der Waals surface area (Å²) in [7, 11) is 0. The fraction of sp³-hybridized carbons (Fsp3) is 0.522. The Morgan fingerprint density at radius 2 is 1.94 bits per heavy atom. The Bertz CT molecular complexity index is 1070. The van der Waals surface area contributed by atoms with Gasteiger partial charge in [-0.15, -0.1) is 0 Å². The van der Waals surface area contributed by atoms with Gasteiger partial charge in [0.25, 0.3) is 0 Å². The number of anilines is 3. The summed E-state index contributed by atoms with van der Waals surface area (Å²) in [6.45, 7) is 4.29. The normalized spacial score (nSPS) is 19.6. The van der Waals surface area contributed by atoms with Gasteiger partial charge in [0, 0.05) is 37.6 Å². The van der Waals surface area contributed by atoms with Gasteiger partial charge in [-0.1, -0.05) is 30.6 Å². The first-order valence-corrected chi connectivity index (χ1v) is 12.5. The molecule has 9 nitrogen and oxygen atoms in total. The number of likely N-dealkylation sites (tertiary alicyclic amines) is 1. The molecule has 33 heavy (non-hydrogen) atoms. The third kappa shape index (κ3) is 5.82. The number of aliphatic hydroxyl groups excluding tert-OH is 1. The molecule has 2 fully saturated rings. The molecule has 1 atom stereocenters. The maximum Gasteiger partial charge on any atom is 0.223 e. The predicted octanol–water partition coefficient (Wildman–Crippen LogP) is 3.75. The average molecular weight is 467 g/mol. The summed E-state index contributed by atoms with van der Waals surface area (Å²) < 4.78 is 0. The summed E-state index contributed by atoms with van der Waals surface area (Å²) in [4.78, 5) is 26.0. The lowest BCUT2D eigenvalue weighted by Crippen LogP contribution is -2.23. The number of aliphatic hydroxyl groups is 1. The van der Waals surface area contributed by atoms with Crippen LogP contribution in [-0.2, 0) is 6.54 Å². The van der Waals surface area contributed by atoms with Crippen LogP contribution in [0.5, 0.6) is 0 Å². The molecule has 3 N–H and O–H groups in total. The molecule has 1 saturated carbocycles. The maximum atomic E-state index is 9.67. The summed E-state index contributed by atoms with van der Waals surface area (Å²) in [5.74, 6) is 1.35. The van der Waals surface area contributed by atoms with E-state index in [1.807, 2.05) is 19.2 Å². The van der Waals surface area contributed by atoms with E-state index in [1.165, 1.54) is 43.4 Å². The topological polar surface area (TPSA) is 112 Å². The van der Waals surface area contributed by atoms with Crippen molar-refractivity contribution in [1.29, 1.82) is 0 Å². The minimum absolute atomic E-state index is 0.226. The van der Waals surface area contributed by atoms with Gasteiger partial charge in [0.05, 0.1) is 34.8 Å². The highest BCUT2D eigenvalue weighted by Crippen LogP contribution is 2.30. The van der Waals surface area contributed by atoms with E-state index in [0.717, 1.165) is 40.1 Å². The monoisotopic (exact) mass is 466 g/mol. The number of thiazole rings is 1. The third-order valence-electron chi connectivity index (χ3n) is 6.12. The van der Waals surface area contributed by atoms with Crippen LogP contribution in [0, 0.1) is 6.92 Å². The predicted molar refractivity (Wildman–Crippen MR) is 130 cm³/mol. The standard InChI is InChI=1S/C23H30N8OS/c1-15-9-19(29-22(27-15)28-16-5-3-2-4-6-16)20-11-26-23(33-20)30-21-12-24-17(10-25-21)13-31-8-7-18(32)14-31/h9-12,16,18,32H,2-8,13-14H2,1H3,(H,25,26,30)(H,27,28,29)/t18-/m1/s1. The van der Waals surface area contributed by atoms with Crippen molar-refractivity contribution in [1.82, 2.24) is 29.8 Å². The van der Waals surface area contributed by atoms with E-state index in [9.17, 15) is 5.11 Å². The molecule has 1 saturated heterocycles. The van der Waals surface area contributed by atoms with Crippen LogP contribution in [0.3, 0.4) is 0 Å². The van der Waals surface area contributed by atoms with Crippen molar-refractivity contribution in [3.05, 3.63) is 36.0 Å². The van der Waals surface area contributed by atoms with Crippen LogP contribution >= 0.6 is 11.3 Å². The zero-order valence-corrected chi connectivity index (χ0v) is 19.7. The molecular weight excluding hydrogens is 436 g/mol. The lowest BCUT2D eigenvalue weighted by atomic mass is 9.96. The summed E-state index contributed by atoms with van der Waals surface area (Å²) in [6.07, 6.45) is 12.2. The van der Waals surface area contributed by atoms with Crippen LogP contribution in [0.2, 0.25) is 0 Å². The smallest absolute Gasteiger partial charge is 0.223 e. The number of nitrogens with one attached hydrogen (secondary N) is 2. The van der Waals surface area contributed by atoms with Crippen molar-refractivity contribution in [3.63, 3.8) is 0 Å². The Morgan fingerprint density at radius 3 is 2.70 bits per heavy atom. The fourth-order valence-electron chi connectivity index (χ4n) is 4.43. The third-order valence-corrected chi connectivity index (χ3v) is 7.06. The molecule has 3 aromatic heterocycles. The summed E-state index contributed by atoms with van der Waals surface area (Å²) in [5, 5.41) is 17.2. The molecule has 0 amide bonds. The maximum absolute atomic E-state index is 9.67. The number of rotatable bonds is 7. The Hall–Kier alpha value is -2.69. The van der Waals surface area contributed by atoms with E-state index in [4.69, 9.17) is 4.98 Å². The summed E-state index contributed by atoms with van der Waals surface area (Å²) >= 11 is 1.53. The van der Waals surface area contributed by atoms with Crippen LogP contribution in [0.15, 0.2) is 24.7 Å². The average Bonchev–Trinajstić information content (AvgIpc) is 3.44. The SMILES string of the molecule is Cc1cc(-c2cnc(Nc3cnc(CN4CC[C@@H](O)C4)cn3)s2)nc(NC2CCCCC2)n1. The van der Waals surface area contributed by atoms with Gasteiger partial charge in [0.2, 0.25) is 5.95 Å². The van der Waals surface area contributed by atoms with Gasteiger partial charge in [0.15, 0.2) is 10.9 Å². The van der Waals surface area contributed by atoms with Crippen molar-refractivity contribution in [2.45, 2.75) is 64.1 Å². The second-order valence-corrected chi connectivity index (χ2v) is 9.95. The highest BCUT2D eigenvalue weighted by molar-refractivity contribution is 7.18. The Labute approximate surface area is 197 Å². The molecule has 174 valence electrons. The van der Waals surface area contributed by atoms with Crippen LogP contribution in [0.4, 0.5) is 16.9 Å². The van der Waals surface area contributed by atoms with Crippen LogP contribution < -0.4 is 10.6 Å². The molecule has 4 heterocycles. The Balaban J connectivity index is 1.23. The number of aromatic nitrogens is 5. The number of hydrogen-bond donors (Lipinski definition) is 3. The molecule has 0 spiro atoms. The van der Waals surface area contributed by atoms with E-state index in [0.29, 0.717) is 30.9 Å². The molecule has 1 aliphatic heterocycles. The molecule has 0 bridgehead atoms. The number of hydrogen-bond acceptors (Lipinski definition) is 10. The number of aryl methyl sites for hydroxylation is 1. The first kappa shape index (κ1) is 22.1. The van der Waals surface area contributed by atoms with E-state index >= 15 is 0 Å². The molecule has 0 unspecified atom stereocenters. The second kappa shape index (κ2) is 10.1. The van der Waals surface area contributed by atoms with E-state index in [1.54, 1.807) is 12.4 Å². The van der Waals surface area contributed by atoms with Crippen LogP contribution in [0.1, 0.15) is 49.9 Å². The summed E-state index contributed by atoms with van der Waals surface area (Å²) in [6, 6.07) is 2.46. The van der Waals surface area contributed by atoms with Gasteiger partial charge in [-0.3, -0.25) is 9.88 Å². The van der Waals surface area contributed by atoms with Gasteiger partial charge in [0.1, 0.15) is 0 Å². The number of β-amino-alcohol motifs (C(OH)–C–C–N with tert-alkyl or cyclic N) is 1. The Morgan fingerprint density at radius 1 is 1.06 bits per heavy atom. The zero-order valence-electron chi connectivity index (χ0n) is 18.9. The van der Waals surface area contributed by atoms with Gasteiger partial charge in [-0.25, -0.2) is 19.9 Å². The number of nitrogens with zero attached hydrogens (tertiary/aromatic N) is 6. The molecule has 2 aliphatic rings. The second-order valence-electron chi connectivity index (χ2n) is 8.92. The fourth-order valence-corrected chi connectivity index (χ4v) is 5.22. The first-order chi connectivity index (χ1) is 16.1. The minimum Gasteiger partial charge on any atom is -0.392 e. The van der Waals surface area contributed by atoms with E-state index < -0.39 is 0 Å². The molecule has 10 heteroatoms. The van der Waals surface area contributed by atoms with Crippen LogP contribution in [0.25, 0.3) is 10.6 Å². The van der Waals surface area contributed by atoms with E-state index in [2.05, 4.69) is 35.5 Å². The van der Waals surface area contributed by atoms with Crippen molar-refractivity contribution in [3.8, 4) is 10.6 Å². The first-order valence-electron chi connectivity index (χ1n) is 11.7. The van der Waals surface area contributed by atoms with Crippen molar-refractivity contribution < 1.29 is 5.11 Å². The molecule has 3 aromatic rings. The quantitative estimate of drug-likeness (QED) is 0.479. The highest BCUT2D eigenvalue weighted by Gasteiger charge is 2.20. The van der Waals surface area contributed by atoms with Gasteiger partial charge in [-0.2, -0.15) is 0 Å². The molecule has 1 aliphatic carbocycles. The van der Waals surface area contributed by atoms with E-state index in [-0.39, 0.29) is 6.10 Å². The van der Waals surface area contributed by atoms with Gasteiger partial charge < -0.3 is 15.7 Å².